The third-order valence-electron chi connectivity index (χ3n) is 19.0. The molecule has 4 fully saturated rings. The monoisotopic (exact) mass is 1360 g/mol. The molecule has 0 bridgehead atoms. The largest absolute Gasteiger partial charge is 0.394 e. The molecule has 94 heavy (non-hydrogen) atoms. The van der Waals surface area contributed by atoms with E-state index >= 15 is 0 Å². The highest BCUT2D eigenvalue weighted by Gasteiger charge is 2.53. The van der Waals surface area contributed by atoms with Crippen LogP contribution in [0, 0.1) is 0 Å². The Kier molecular flexibility index (Phi) is 43.1. The van der Waals surface area contributed by atoms with Gasteiger partial charge in [0.15, 0.2) is 25.2 Å². The molecule has 4 aliphatic rings. The van der Waals surface area contributed by atoms with Crippen molar-refractivity contribution in [1.29, 1.82) is 0 Å². The summed E-state index contributed by atoms with van der Waals surface area (Å²) in [6.45, 7) is 4.00. The fourth-order valence-electron chi connectivity index (χ4n) is 12.9. The van der Waals surface area contributed by atoms with E-state index in [1.807, 2.05) is 0 Å². The van der Waals surface area contributed by atoms with E-state index in [-0.39, 0.29) is 12.8 Å². The topological polar surface area (TPSA) is 415 Å². The van der Waals surface area contributed by atoms with E-state index in [0.717, 1.165) is 64.7 Å². The van der Waals surface area contributed by atoms with Crippen LogP contribution in [0.15, 0.2) is 0 Å². The first-order chi connectivity index (χ1) is 45.2. The molecule has 4 heterocycles. The molecule has 0 saturated carbocycles. The lowest BCUT2D eigenvalue weighted by Gasteiger charge is -2.47. The number of rotatable bonds is 52. The fraction of sp³-hybridized carbons (Fsp3) is 0.971. The standard InChI is InChI=1S/C68H128N2O24/c1-5-7-9-11-13-15-17-19-20-21-22-23-24-26-28-30-32-34-36-38-47(75)64(86)70-45(52(76)46(74)37-35-33-31-29-27-25-18-16-14-12-10-8-6-2)40-87-68-63(58(82)53(77)48(39-71)90-68)94-67-60(84)57(81)55(79)50(92-67)41-88-65-51(69-44(4)73)56(80)54(78)49(91-65)42-89-66-61(85)59(83)62(93-66)43(3)72/h43,45-63,65-68,71-72,74-85H,5-42H2,1-4H3,(H,69,73)(H,70,86)/t43-,45-,46+,47+,48+,49+,50+,51+,52-,53-,54-,55-,56+,57-,58-,59-,60+,61-,62+,63+,65+,66-,67+,68-/m0/s1. The van der Waals surface area contributed by atoms with Gasteiger partial charge in [0, 0.05) is 6.92 Å². The maximum Gasteiger partial charge on any atom is 0.249 e. The predicted octanol–water partition coefficient (Wildman–Crippen LogP) is 3.32. The number of hydrogen-bond acceptors (Lipinski definition) is 24. The molecule has 2 amide bonds. The molecule has 0 aliphatic carbocycles. The molecular weight excluding hydrogens is 1230 g/mol. The van der Waals surface area contributed by atoms with Gasteiger partial charge in [-0.25, -0.2) is 0 Å². The number of aliphatic hydroxyl groups is 14. The summed E-state index contributed by atoms with van der Waals surface area (Å²) in [6.07, 6.45) is 0.199. The van der Waals surface area contributed by atoms with Crippen molar-refractivity contribution in [1.82, 2.24) is 10.6 Å². The lowest BCUT2D eigenvalue weighted by molar-refractivity contribution is -0.371. The van der Waals surface area contributed by atoms with Gasteiger partial charge in [-0.1, -0.05) is 219 Å². The van der Waals surface area contributed by atoms with Crippen molar-refractivity contribution >= 4 is 11.8 Å². The molecule has 4 rings (SSSR count). The molecule has 4 saturated heterocycles. The number of hydrogen-bond donors (Lipinski definition) is 16. The molecule has 4 aliphatic heterocycles. The van der Waals surface area contributed by atoms with Gasteiger partial charge in [0.1, 0.15) is 104 Å². The van der Waals surface area contributed by atoms with Crippen molar-refractivity contribution in [3.63, 3.8) is 0 Å². The Morgan fingerprint density at radius 1 is 0.436 bits per heavy atom. The Hall–Kier alpha value is -1.94. The number of carbonyl (C=O) groups is 2. The van der Waals surface area contributed by atoms with Gasteiger partial charge in [0.05, 0.1) is 44.7 Å². The Balaban J connectivity index is 1.38. The van der Waals surface area contributed by atoms with Gasteiger partial charge in [0.25, 0.3) is 0 Å². The van der Waals surface area contributed by atoms with E-state index in [2.05, 4.69) is 24.5 Å². The Labute approximate surface area is 559 Å². The maximum absolute atomic E-state index is 13.7. The zero-order valence-electron chi connectivity index (χ0n) is 57.1. The minimum absolute atomic E-state index is 0.126. The van der Waals surface area contributed by atoms with E-state index in [9.17, 15) is 81.1 Å². The quantitative estimate of drug-likeness (QED) is 0.0388. The molecule has 16 N–H and O–H groups in total. The van der Waals surface area contributed by atoms with Crippen molar-refractivity contribution in [2.24, 2.45) is 0 Å². The summed E-state index contributed by atoms with van der Waals surface area (Å²) in [4.78, 5) is 26.0. The predicted molar refractivity (Wildman–Crippen MR) is 346 cm³/mol. The van der Waals surface area contributed by atoms with E-state index in [4.69, 9.17) is 37.9 Å². The van der Waals surface area contributed by atoms with Crippen molar-refractivity contribution in [3.8, 4) is 0 Å². The third-order valence-corrected chi connectivity index (χ3v) is 19.0. The second kappa shape index (κ2) is 48.0. The van der Waals surface area contributed by atoms with Crippen LogP contribution in [0.2, 0.25) is 0 Å². The normalized spacial score (nSPS) is 32.3. The summed E-state index contributed by atoms with van der Waals surface area (Å²) >= 11 is 0. The Bertz CT molecular complexity index is 1940. The van der Waals surface area contributed by atoms with Crippen molar-refractivity contribution in [2.75, 3.05) is 26.4 Å². The van der Waals surface area contributed by atoms with Gasteiger partial charge in [0.2, 0.25) is 11.8 Å². The van der Waals surface area contributed by atoms with Crippen molar-refractivity contribution in [3.05, 3.63) is 0 Å². The Morgan fingerprint density at radius 2 is 0.840 bits per heavy atom. The summed E-state index contributed by atoms with van der Waals surface area (Å²) in [5.41, 5.74) is 0. The lowest BCUT2D eigenvalue weighted by Crippen LogP contribution is -2.66. The fourth-order valence-corrected chi connectivity index (χ4v) is 12.9. The number of amides is 2. The van der Waals surface area contributed by atoms with Crippen LogP contribution < -0.4 is 10.6 Å². The zero-order chi connectivity index (χ0) is 69.0. The van der Waals surface area contributed by atoms with E-state index in [1.165, 1.54) is 142 Å². The van der Waals surface area contributed by atoms with Gasteiger partial charge in [-0.05, 0) is 19.8 Å². The van der Waals surface area contributed by atoms with Crippen LogP contribution in [0.3, 0.4) is 0 Å². The molecule has 0 aromatic rings. The molecule has 0 spiro atoms. The molecule has 0 aromatic carbocycles. The number of ether oxygens (including phenoxy) is 8. The van der Waals surface area contributed by atoms with Crippen LogP contribution >= 0.6 is 0 Å². The molecule has 0 aromatic heterocycles. The minimum atomic E-state index is -2.09. The number of unbranched alkanes of at least 4 members (excludes halogenated alkanes) is 30. The molecular formula is C68H128N2O24. The second-order valence-electron chi connectivity index (χ2n) is 27.1. The van der Waals surface area contributed by atoms with Crippen LogP contribution in [0.1, 0.15) is 246 Å². The second-order valence-corrected chi connectivity index (χ2v) is 27.1. The van der Waals surface area contributed by atoms with Crippen LogP contribution in [-0.2, 0) is 47.5 Å². The van der Waals surface area contributed by atoms with Crippen LogP contribution in [0.5, 0.6) is 0 Å². The first-order valence-corrected chi connectivity index (χ1v) is 36.3. The van der Waals surface area contributed by atoms with Gasteiger partial charge in [-0.15, -0.1) is 0 Å². The first-order valence-electron chi connectivity index (χ1n) is 36.3. The summed E-state index contributed by atoms with van der Waals surface area (Å²) in [7, 11) is 0. The van der Waals surface area contributed by atoms with Gasteiger partial charge >= 0.3 is 0 Å². The molecule has 26 heteroatoms. The number of aliphatic hydroxyl groups excluding tert-OH is 14. The van der Waals surface area contributed by atoms with Gasteiger partial charge < -0.3 is 120 Å². The number of nitrogens with one attached hydrogen (secondary N) is 2. The smallest absolute Gasteiger partial charge is 0.249 e. The van der Waals surface area contributed by atoms with Crippen molar-refractivity contribution in [2.45, 2.75) is 393 Å². The van der Waals surface area contributed by atoms with E-state index < -0.39 is 185 Å². The number of carbonyl (C=O) groups excluding carboxylic acids is 2. The average Bonchev–Trinajstić information content (AvgIpc) is 0.926. The summed E-state index contributed by atoms with van der Waals surface area (Å²) < 4.78 is 46.7. The lowest BCUT2D eigenvalue weighted by atomic mass is 9.96. The highest BCUT2D eigenvalue weighted by molar-refractivity contribution is 5.80. The highest BCUT2D eigenvalue weighted by Crippen LogP contribution is 2.33. The highest BCUT2D eigenvalue weighted by atomic mass is 16.8. The summed E-state index contributed by atoms with van der Waals surface area (Å²) in [5.74, 6) is -1.53. The van der Waals surface area contributed by atoms with Crippen LogP contribution in [-0.4, -0.2) is 257 Å². The summed E-state index contributed by atoms with van der Waals surface area (Å²) in [5, 5.41) is 159. The van der Waals surface area contributed by atoms with Crippen LogP contribution in [0.4, 0.5) is 0 Å². The van der Waals surface area contributed by atoms with Gasteiger partial charge in [-0.2, -0.15) is 0 Å². The minimum Gasteiger partial charge on any atom is -0.394 e. The van der Waals surface area contributed by atoms with Crippen LogP contribution in [0.25, 0.3) is 0 Å². The molecule has 554 valence electrons. The molecule has 0 radical (unpaired) electrons. The maximum atomic E-state index is 13.7. The first kappa shape index (κ1) is 84.5. The molecule has 0 unspecified atom stereocenters. The molecule has 26 nitrogen and oxygen atoms in total. The van der Waals surface area contributed by atoms with Crippen molar-refractivity contribution < 1.29 is 119 Å². The summed E-state index contributed by atoms with van der Waals surface area (Å²) in [6, 6.07) is -2.92. The van der Waals surface area contributed by atoms with Gasteiger partial charge in [-0.3, -0.25) is 9.59 Å². The molecule has 24 atom stereocenters. The zero-order valence-corrected chi connectivity index (χ0v) is 57.1. The Morgan fingerprint density at radius 3 is 1.29 bits per heavy atom. The SMILES string of the molecule is CCCCCCCCCCCCCCCCCCCCC[C@@H](O)C(=O)N[C@@H](CO[C@H]1O[C@H](CO)[C@H](O)[C@H](O)[C@H]1O[C@H]1O[C@H](CO[C@@H]2O[C@H](CO[C@H]3O[C@H]([C@H](C)O)[C@@H](O)[C@@H]3O)[C@H](O)[C@H](O)[C@H]2NC(C)=O)[C@H](O)[C@H](O)[C@H]1O)[C@H](O)[C@H](O)CCCCCCCCCCCCCCC. The van der Waals surface area contributed by atoms with E-state index in [1.54, 1.807) is 0 Å². The average molecular weight is 1360 g/mol. The third kappa shape index (κ3) is 29.7. The van der Waals surface area contributed by atoms with E-state index in [0.29, 0.717) is 12.8 Å².